The van der Waals surface area contributed by atoms with E-state index < -0.39 is 0 Å². The average molecular weight is 253 g/mol. The summed E-state index contributed by atoms with van der Waals surface area (Å²) in [6.45, 7) is 15.1. The lowest BCUT2D eigenvalue weighted by molar-refractivity contribution is 0.0298. The summed E-state index contributed by atoms with van der Waals surface area (Å²) in [5.74, 6) is 1.66. The Kier molecular flexibility index (Phi) is 4.35. The molecule has 0 amide bonds. The van der Waals surface area contributed by atoms with Gasteiger partial charge in [-0.3, -0.25) is 4.90 Å². The van der Waals surface area contributed by atoms with Crippen molar-refractivity contribution in [3.8, 4) is 0 Å². The summed E-state index contributed by atoms with van der Waals surface area (Å²) in [4.78, 5) is 5.30. The second kappa shape index (κ2) is 5.48. The lowest BCUT2D eigenvalue weighted by Gasteiger charge is -2.48. The van der Waals surface area contributed by atoms with Crippen LogP contribution in [0.15, 0.2) is 0 Å². The molecule has 0 bridgehead atoms. The fraction of sp³-hybridized carbons (Fsp3) is 1.00. The third-order valence-corrected chi connectivity index (χ3v) is 5.50. The van der Waals surface area contributed by atoms with E-state index in [1.54, 1.807) is 0 Å². The van der Waals surface area contributed by atoms with Crippen molar-refractivity contribution >= 4 is 0 Å². The first kappa shape index (κ1) is 14.3. The summed E-state index contributed by atoms with van der Waals surface area (Å²) in [6, 6.07) is 0.678. The molecule has 2 atom stereocenters. The molecule has 18 heavy (non-hydrogen) atoms. The van der Waals surface area contributed by atoms with Gasteiger partial charge in [-0.1, -0.05) is 13.8 Å². The zero-order valence-corrected chi connectivity index (χ0v) is 12.7. The molecule has 0 saturated carbocycles. The Balaban J connectivity index is 2.01. The lowest BCUT2D eigenvalue weighted by Crippen LogP contribution is -2.59. The predicted octanol–water partition coefficient (Wildman–Crippen LogP) is 1.78. The SMILES string of the molecule is CC1CN(C2(CN)CCN(C(C)C)CC2)CC1C. The fourth-order valence-corrected chi connectivity index (χ4v) is 3.62. The van der Waals surface area contributed by atoms with Crippen LogP contribution in [-0.4, -0.2) is 54.1 Å². The molecule has 0 spiro atoms. The van der Waals surface area contributed by atoms with Gasteiger partial charge in [0.2, 0.25) is 0 Å². The van der Waals surface area contributed by atoms with Crippen LogP contribution in [0.1, 0.15) is 40.5 Å². The molecular formula is C15H31N3. The smallest absolute Gasteiger partial charge is 0.0356 e. The van der Waals surface area contributed by atoms with Crippen LogP contribution < -0.4 is 5.73 Å². The molecule has 2 heterocycles. The van der Waals surface area contributed by atoms with E-state index in [-0.39, 0.29) is 0 Å². The summed E-state index contributed by atoms with van der Waals surface area (Å²) >= 11 is 0. The van der Waals surface area contributed by atoms with Gasteiger partial charge in [-0.05, 0) is 38.5 Å². The van der Waals surface area contributed by atoms with Crippen molar-refractivity contribution in [1.29, 1.82) is 0 Å². The highest BCUT2D eigenvalue weighted by Crippen LogP contribution is 2.35. The Morgan fingerprint density at radius 2 is 1.61 bits per heavy atom. The predicted molar refractivity (Wildman–Crippen MR) is 77.6 cm³/mol. The highest BCUT2D eigenvalue weighted by atomic mass is 15.3. The van der Waals surface area contributed by atoms with E-state index >= 15 is 0 Å². The van der Waals surface area contributed by atoms with Crippen molar-refractivity contribution in [2.75, 3.05) is 32.7 Å². The molecule has 2 fully saturated rings. The molecule has 106 valence electrons. The second-order valence-corrected chi connectivity index (χ2v) is 6.92. The van der Waals surface area contributed by atoms with E-state index in [4.69, 9.17) is 5.73 Å². The quantitative estimate of drug-likeness (QED) is 0.832. The van der Waals surface area contributed by atoms with Gasteiger partial charge in [-0.2, -0.15) is 0 Å². The van der Waals surface area contributed by atoms with Gasteiger partial charge in [0.05, 0.1) is 0 Å². The minimum atomic E-state index is 0.296. The molecule has 2 N–H and O–H groups in total. The van der Waals surface area contributed by atoms with Crippen LogP contribution >= 0.6 is 0 Å². The summed E-state index contributed by atoms with van der Waals surface area (Å²) in [6.07, 6.45) is 2.50. The molecule has 2 unspecified atom stereocenters. The average Bonchev–Trinajstić information content (AvgIpc) is 2.70. The minimum Gasteiger partial charge on any atom is -0.329 e. The third kappa shape index (κ3) is 2.59. The maximum absolute atomic E-state index is 6.17. The van der Waals surface area contributed by atoms with E-state index in [0.29, 0.717) is 11.6 Å². The molecule has 2 aliphatic heterocycles. The summed E-state index contributed by atoms with van der Waals surface area (Å²) in [5.41, 5.74) is 6.47. The first-order valence-corrected chi connectivity index (χ1v) is 7.67. The molecule has 2 rings (SSSR count). The van der Waals surface area contributed by atoms with Crippen LogP contribution in [0, 0.1) is 11.8 Å². The Bertz CT molecular complexity index is 259. The third-order valence-electron chi connectivity index (χ3n) is 5.50. The fourth-order valence-electron chi connectivity index (χ4n) is 3.62. The Morgan fingerprint density at radius 1 is 1.11 bits per heavy atom. The Labute approximate surface area is 113 Å². The maximum Gasteiger partial charge on any atom is 0.0356 e. The van der Waals surface area contributed by atoms with Crippen molar-refractivity contribution in [3.63, 3.8) is 0 Å². The summed E-state index contributed by atoms with van der Waals surface area (Å²) < 4.78 is 0. The minimum absolute atomic E-state index is 0.296. The molecule has 3 heteroatoms. The van der Waals surface area contributed by atoms with Crippen LogP contribution in [-0.2, 0) is 0 Å². The number of likely N-dealkylation sites (tertiary alicyclic amines) is 2. The topological polar surface area (TPSA) is 32.5 Å². The van der Waals surface area contributed by atoms with Gasteiger partial charge in [0, 0.05) is 44.3 Å². The highest BCUT2D eigenvalue weighted by molar-refractivity contribution is 5.00. The van der Waals surface area contributed by atoms with Gasteiger partial charge >= 0.3 is 0 Å². The molecule has 2 saturated heterocycles. The van der Waals surface area contributed by atoms with Crippen LogP contribution in [0.3, 0.4) is 0 Å². The van der Waals surface area contributed by atoms with Crippen LogP contribution in [0.4, 0.5) is 0 Å². The highest BCUT2D eigenvalue weighted by Gasteiger charge is 2.43. The molecular weight excluding hydrogens is 222 g/mol. The van der Waals surface area contributed by atoms with Crippen molar-refractivity contribution in [2.24, 2.45) is 17.6 Å². The monoisotopic (exact) mass is 253 g/mol. The lowest BCUT2D eigenvalue weighted by atomic mass is 9.85. The number of nitrogens with zero attached hydrogens (tertiary/aromatic N) is 2. The molecule has 3 nitrogen and oxygen atoms in total. The number of nitrogens with two attached hydrogens (primary N) is 1. The standard InChI is InChI=1S/C15H31N3/c1-12(2)17-7-5-15(11-16,6-8-17)18-9-13(3)14(4)10-18/h12-14H,5-11,16H2,1-4H3. The largest absolute Gasteiger partial charge is 0.329 e. The Morgan fingerprint density at radius 3 is 2.00 bits per heavy atom. The van der Waals surface area contributed by atoms with E-state index in [1.165, 1.54) is 39.0 Å². The zero-order chi connectivity index (χ0) is 13.3. The van der Waals surface area contributed by atoms with Gasteiger partial charge in [-0.25, -0.2) is 0 Å². The van der Waals surface area contributed by atoms with Crippen LogP contribution in [0.25, 0.3) is 0 Å². The van der Waals surface area contributed by atoms with Gasteiger partial charge < -0.3 is 10.6 Å². The molecule has 0 aromatic rings. The first-order chi connectivity index (χ1) is 8.48. The summed E-state index contributed by atoms with van der Waals surface area (Å²) in [5, 5.41) is 0. The van der Waals surface area contributed by atoms with Gasteiger partial charge in [0.15, 0.2) is 0 Å². The van der Waals surface area contributed by atoms with E-state index in [1.807, 2.05) is 0 Å². The van der Waals surface area contributed by atoms with E-state index in [0.717, 1.165) is 18.4 Å². The maximum atomic E-state index is 6.17. The number of hydrogen-bond donors (Lipinski definition) is 1. The van der Waals surface area contributed by atoms with Crippen molar-refractivity contribution in [3.05, 3.63) is 0 Å². The summed E-state index contributed by atoms with van der Waals surface area (Å²) in [7, 11) is 0. The Hall–Kier alpha value is -0.120. The molecule has 0 aromatic heterocycles. The van der Waals surface area contributed by atoms with Gasteiger partial charge in [0.1, 0.15) is 0 Å². The molecule has 0 aromatic carbocycles. The first-order valence-electron chi connectivity index (χ1n) is 7.67. The normalized spacial score (nSPS) is 34.3. The van der Waals surface area contributed by atoms with Crippen molar-refractivity contribution < 1.29 is 0 Å². The van der Waals surface area contributed by atoms with Crippen molar-refractivity contribution in [2.45, 2.75) is 52.1 Å². The van der Waals surface area contributed by atoms with E-state index in [9.17, 15) is 0 Å². The molecule has 0 aliphatic carbocycles. The second-order valence-electron chi connectivity index (χ2n) is 6.92. The molecule has 0 radical (unpaired) electrons. The van der Waals surface area contributed by atoms with Gasteiger partial charge in [-0.15, -0.1) is 0 Å². The van der Waals surface area contributed by atoms with Crippen LogP contribution in [0.5, 0.6) is 0 Å². The van der Waals surface area contributed by atoms with Crippen LogP contribution in [0.2, 0.25) is 0 Å². The van der Waals surface area contributed by atoms with Gasteiger partial charge in [0.25, 0.3) is 0 Å². The number of hydrogen-bond acceptors (Lipinski definition) is 3. The van der Waals surface area contributed by atoms with Crippen molar-refractivity contribution in [1.82, 2.24) is 9.80 Å². The zero-order valence-electron chi connectivity index (χ0n) is 12.7. The number of piperidine rings is 1. The molecule has 2 aliphatic rings. The number of rotatable bonds is 3. The van der Waals surface area contributed by atoms with E-state index in [2.05, 4.69) is 37.5 Å².